The number of aryl methyl sites for hydroxylation is 2. The first-order valence-corrected chi connectivity index (χ1v) is 14.4. The molecule has 0 radical (unpaired) electrons. The Labute approximate surface area is 230 Å². The molecule has 200 valence electrons. The topological polar surface area (TPSA) is 64.7 Å². The van der Waals surface area contributed by atoms with Crippen molar-refractivity contribution in [1.82, 2.24) is 19.6 Å². The molecular weight excluding hydrogens is 482 g/mol. The van der Waals surface area contributed by atoms with Crippen molar-refractivity contribution in [2.24, 2.45) is 17.8 Å². The van der Waals surface area contributed by atoms with Crippen molar-refractivity contribution in [3.05, 3.63) is 94.6 Å². The van der Waals surface area contributed by atoms with E-state index in [-0.39, 0.29) is 11.3 Å². The van der Waals surface area contributed by atoms with E-state index >= 15 is 0 Å². The van der Waals surface area contributed by atoms with E-state index in [1.54, 1.807) is 0 Å². The summed E-state index contributed by atoms with van der Waals surface area (Å²) in [5.74, 6) is 2.25. The minimum atomic E-state index is -0.0791. The number of hydrogen-bond donors (Lipinski definition) is 1. The van der Waals surface area contributed by atoms with Crippen molar-refractivity contribution < 1.29 is 4.79 Å². The molecule has 8 rings (SSSR count). The van der Waals surface area contributed by atoms with Crippen molar-refractivity contribution in [1.29, 1.82) is 0 Å². The van der Waals surface area contributed by atoms with Crippen LogP contribution in [0.1, 0.15) is 77.1 Å². The molecule has 4 aliphatic rings. The Bertz CT molecular complexity index is 1510. The fraction of sp³-hybridized carbons (Fsp3) is 0.424. The lowest BCUT2D eigenvalue weighted by Gasteiger charge is -2.56. The summed E-state index contributed by atoms with van der Waals surface area (Å²) in [7, 11) is 0. The predicted molar refractivity (Wildman–Crippen MR) is 153 cm³/mol. The molecular formula is C33H37N5O. The van der Waals surface area contributed by atoms with E-state index in [1.165, 1.54) is 49.7 Å². The molecule has 0 atom stereocenters. The SMILES string of the molecule is Cc1ccccc1Cn1nc(C)c(NC(=O)c2cn(-c3ccccc3)nc2C23CC4CC(CC(C4)C2)C3)c1C. The summed E-state index contributed by atoms with van der Waals surface area (Å²) in [6, 6.07) is 18.6. The van der Waals surface area contributed by atoms with Crippen LogP contribution in [-0.2, 0) is 12.0 Å². The first-order valence-electron chi connectivity index (χ1n) is 14.4. The number of aromatic nitrogens is 4. The highest BCUT2D eigenvalue weighted by Gasteiger charge is 2.54. The van der Waals surface area contributed by atoms with Gasteiger partial charge in [-0.1, -0.05) is 42.5 Å². The lowest BCUT2D eigenvalue weighted by atomic mass is 9.48. The molecule has 4 bridgehead atoms. The lowest BCUT2D eigenvalue weighted by molar-refractivity contribution is -0.00765. The van der Waals surface area contributed by atoms with E-state index in [1.807, 2.05) is 47.6 Å². The van der Waals surface area contributed by atoms with Gasteiger partial charge in [-0.25, -0.2) is 4.68 Å². The minimum Gasteiger partial charge on any atom is -0.319 e. The Morgan fingerprint density at radius 3 is 2.21 bits per heavy atom. The van der Waals surface area contributed by atoms with Gasteiger partial charge in [0, 0.05) is 11.6 Å². The molecule has 4 saturated carbocycles. The van der Waals surface area contributed by atoms with Gasteiger partial charge in [0.2, 0.25) is 0 Å². The summed E-state index contributed by atoms with van der Waals surface area (Å²) in [4.78, 5) is 14.1. The van der Waals surface area contributed by atoms with Crippen LogP contribution in [0.4, 0.5) is 5.69 Å². The van der Waals surface area contributed by atoms with E-state index in [0.29, 0.717) is 12.1 Å². The van der Waals surface area contributed by atoms with Gasteiger partial charge >= 0.3 is 0 Å². The van der Waals surface area contributed by atoms with Gasteiger partial charge in [-0.2, -0.15) is 10.2 Å². The fourth-order valence-electron chi connectivity index (χ4n) is 8.21. The number of nitrogens with zero attached hydrogens (tertiary/aromatic N) is 4. The van der Waals surface area contributed by atoms with E-state index in [4.69, 9.17) is 10.2 Å². The lowest BCUT2D eigenvalue weighted by Crippen LogP contribution is -2.49. The maximum Gasteiger partial charge on any atom is 0.259 e. The molecule has 0 aliphatic heterocycles. The van der Waals surface area contributed by atoms with Crippen LogP contribution in [0.25, 0.3) is 5.69 Å². The molecule has 1 amide bonds. The van der Waals surface area contributed by atoms with Gasteiger partial charge in [-0.3, -0.25) is 9.48 Å². The predicted octanol–water partition coefficient (Wildman–Crippen LogP) is 6.76. The van der Waals surface area contributed by atoms with Gasteiger partial charge in [0.25, 0.3) is 5.91 Å². The number of rotatable bonds is 6. The molecule has 39 heavy (non-hydrogen) atoms. The first kappa shape index (κ1) is 24.4. The van der Waals surface area contributed by atoms with Crippen molar-refractivity contribution in [3.8, 4) is 5.69 Å². The molecule has 6 heteroatoms. The molecule has 0 spiro atoms. The number of hydrogen-bond acceptors (Lipinski definition) is 3. The number of benzene rings is 2. The Balaban J connectivity index is 1.24. The van der Waals surface area contributed by atoms with Crippen molar-refractivity contribution in [2.45, 2.75) is 71.3 Å². The summed E-state index contributed by atoms with van der Waals surface area (Å²) >= 11 is 0. The molecule has 6 nitrogen and oxygen atoms in total. The van der Waals surface area contributed by atoms with Crippen molar-refractivity contribution in [2.75, 3.05) is 5.32 Å². The van der Waals surface area contributed by atoms with Gasteiger partial charge in [0.05, 0.1) is 40.6 Å². The van der Waals surface area contributed by atoms with Crippen LogP contribution in [0.15, 0.2) is 60.8 Å². The molecule has 0 unspecified atom stereocenters. The molecule has 4 aliphatic carbocycles. The molecule has 1 N–H and O–H groups in total. The number of nitrogens with one attached hydrogen (secondary N) is 1. The summed E-state index contributed by atoms with van der Waals surface area (Å²) in [6.45, 7) is 6.82. The maximum absolute atomic E-state index is 14.1. The third-order valence-corrected chi connectivity index (χ3v) is 9.72. The van der Waals surface area contributed by atoms with E-state index in [0.717, 1.165) is 46.2 Å². The van der Waals surface area contributed by atoms with Crippen LogP contribution in [0.5, 0.6) is 0 Å². The van der Waals surface area contributed by atoms with Gasteiger partial charge in [0.1, 0.15) is 0 Å². The largest absolute Gasteiger partial charge is 0.319 e. The smallest absolute Gasteiger partial charge is 0.259 e. The molecule has 2 heterocycles. The Morgan fingerprint density at radius 2 is 1.54 bits per heavy atom. The zero-order valence-electron chi connectivity index (χ0n) is 23.2. The highest BCUT2D eigenvalue weighted by Crippen LogP contribution is 2.61. The van der Waals surface area contributed by atoms with Gasteiger partial charge in [0.15, 0.2) is 0 Å². The number of anilines is 1. The van der Waals surface area contributed by atoms with Crippen LogP contribution < -0.4 is 5.32 Å². The van der Waals surface area contributed by atoms with E-state index in [9.17, 15) is 4.79 Å². The number of para-hydroxylation sites is 1. The average Bonchev–Trinajstić information content (AvgIpc) is 3.48. The minimum absolute atomic E-state index is 0.0144. The third kappa shape index (κ3) is 4.21. The van der Waals surface area contributed by atoms with Gasteiger partial charge in [-0.15, -0.1) is 0 Å². The Morgan fingerprint density at radius 1 is 0.897 bits per heavy atom. The van der Waals surface area contributed by atoms with Crippen LogP contribution in [0.3, 0.4) is 0 Å². The molecule has 4 aromatic rings. The molecule has 2 aromatic heterocycles. The number of amides is 1. The van der Waals surface area contributed by atoms with Gasteiger partial charge < -0.3 is 5.32 Å². The Kier molecular flexibility index (Phi) is 5.76. The normalized spacial score (nSPS) is 25.3. The van der Waals surface area contributed by atoms with E-state index < -0.39 is 0 Å². The van der Waals surface area contributed by atoms with Crippen LogP contribution in [-0.4, -0.2) is 25.5 Å². The summed E-state index contributed by atoms with van der Waals surface area (Å²) in [5.41, 5.74) is 7.80. The van der Waals surface area contributed by atoms with Crippen LogP contribution in [0, 0.1) is 38.5 Å². The van der Waals surface area contributed by atoms with Crippen molar-refractivity contribution >= 4 is 11.6 Å². The standard InChI is InChI=1S/C33H37N5O/c1-21-9-7-8-10-27(21)19-37-23(3)30(22(2)35-37)34-32(39)29-20-38(28-11-5-4-6-12-28)36-31(29)33-16-24-13-25(17-33)15-26(14-24)18-33/h4-12,20,24-26H,13-19H2,1-3H3,(H,34,39). The second kappa shape index (κ2) is 9.22. The summed E-state index contributed by atoms with van der Waals surface area (Å²) in [6.07, 6.45) is 9.53. The first-order chi connectivity index (χ1) is 18.9. The third-order valence-electron chi connectivity index (χ3n) is 9.72. The number of carbonyl (C=O) groups excluding carboxylic acids is 1. The summed E-state index contributed by atoms with van der Waals surface area (Å²) in [5, 5.41) is 13.3. The highest BCUT2D eigenvalue weighted by atomic mass is 16.1. The van der Waals surface area contributed by atoms with Crippen LogP contribution in [0.2, 0.25) is 0 Å². The maximum atomic E-state index is 14.1. The number of carbonyl (C=O) groups is 1. The fourth-order valence-corrected chi connectivity index (χ4v) is 8.21. The molecule has 4 fully saturated rings. The molecule has 0 saturated heterocycles. The van der Waals surface area contributed by atoms with Crippen molar-refractivity contribution in [3.63, 3.8) is 0 Å². The highest BCUT2D eigenvalue weighted by molar-refractivity contribution is 6.05. The average molecular weight is 520 g/mol. The molecule has 2 aromatic carbocycles. The van der Waals surface area contributed by atoms with Gasteiger partial charge in [-0.05, 0) is 100 Å². The quantitative estimate of drug-likeness (QED) is 0.306. The zero-order chi connectivity index (χ0) is 26.7. The zero-order valence-corrected chi connectivity index (χ0v) is 23.2. The van der Waals surface area contributed by atoms with E-state index in [2.05, 4.69) is 48.6 Å². The monoisotopic (exact) mass is 519 g/mol. The second-order valence-corrected chi connectivity index (χ2v) is 12.5. The van der Waals surface area contributed by atoms with Crippen LogP contribution >= 0.6 is 0 Å². The summed E-state index contributed by atoms with van der Waals surface area (Å²) < 4.78 is 3.92. The Hall–Kier alpha value is -3.67. The second-order valence-electron chi connectivity index (χ2n) is 12.5.